The predicted molar refractivity (Wildman–Crippen MR) is 115 cm³/mol. The summed E-state index contributed by atoms with van der Waals surface area (Å²) in [5.41, 5.74) is 7.72. The molecule has 5 nitrogen and oxygen atoms in total. The molecule has 0 radical (unpaired) electrons. The van der Waals surface area contributed by atoms with Gasteiger partial charge in [-0.25, -0.2) is 9.38 Å². The van der Waals surface area contributed by atoms with Crippen molar-refractivity contribution >= 4 is 6.02 Å². The molecule has 0 aliphatic carbocycles. The molecule has 3 aromatic carbocycles. The third-order valence-corrected chi connectivity index (χ3v) is 5.42. The van der Waals surface area contributed by atoms with Crippen LogP contribution in [0.3, 0.4) is 0 Å². The number of alkyl halides is 2. The second-order valence-electron chi connectivity index (χ2n) is 7.38. The smallest absolute Gasteiger partial charge is 0.387 e. The molecule has 1 aliphatic rings. The Labute approximate surface area is 183 Å². The van der Waals surface area contributed by atoms with Gasteiger partial charge in [-0.05, 0) is 65.6 Å². The van der Waals surface area contributed by atoms with E-state index in [0.29, 0.717) is 33.6 Å². The Hall–Kier alpha value is -3.68. The summed E-state index contributed by atoms with van der Waals surface area (Å²) in [7, 11) is 1.51. The number of amidine groups is 1. The first kappa shape index (κ1) is 21.5. The highest BCUT2D eigenvalue weighted by Gasteiger charge is 2.40. The highest BCUT2D eigenvalue weighted by atomic mass is 19.3. The highest BCUT2D eigenvalue weighted by molar-refractivity contribution is 5.76. The fourth-order valence-corrected chi connectivity index (χ4v) is 3.82. The number of nitrogens with zero attached hydrogens (tertiary/aromatic N) is 1. The van der Waals surface area contributed by atoms with Gasteiger partial charge in [0.1, 0.15) is 23.9 Å². The van der Waals surface area contributed by atoms with Gasteiger partial charge < -0.3 is 19.9 Å². The first-order valence-electron chi connectivity index (χ1n) is 9.81. The van der Waals surface area contributed by atoms with Gasteiger partial charge >= 0.3 is 6.61 Å². The fourth-order valence-electron chi connectivity index (χ4n) is 3.82. The van der Waals surface area contributed by atoms with Crippen molar-refractivity contribution < 1.29 is 27.4 Å². The van der Waals surface area contributed by atoms with Crippen molar-refractivity contribution in [2.45, 2.75) is 19.1 Å². The number of nitrogens with two attached hydrogens (primary N) is 1. The molecular formula is C24H21F3N2O3. The van der Waals surface area contributed by atoms with E-state index in [4.69, 9.17) is 15.2 Å². The van der Waals surface area contributed by atoms with E-state index >= 15 is 0 Å². The largest absolute Gasteiger partial charge is 0.497 e. The maximum atomic E-state index is 14.6. The minimum absolute atomic E-state index is 0.00789. The van der Waals surface area contributed by atoms with Gasteiger partial charge in [-0.3, -0.25) is 0 Å². The molecule has 0 saturated heterocycles. The quantitative estimate of drug-likeness (QED) is 0.584. The number of ether oxygens (including phenoxy) is 3. The van der Waals surface area contributed by atoms with Crippen LogP contribution in [0.1, 0.15) is 16.7 Å². The maximum absolute atomic E-state index is 14.6. The molecule has 4 rings (SSSR count). The molecule has 0 aromatic heterocycles. The summed E-state index contributed by atoms with van der Waals surface area (Å²) < 4.78 is 55.2. The third-order valence-electron chi connectivity index (χ3n) is 5.42. The Morgan fingerprint density at radius 3 is 2.50 bits per heavy atom. The molecule has 1 unspecified atom stereocenters. The minimum atomic E-state index is -2.92. The average molecular weight is 442 g/mol. The number of halogens is 3. The molecule has 8 heteroatoms. The summed E-state index contributed by atoms with van der Waals surface area (Å²) in [4.78, 5) is 4.55. The molecule has 0 saturated carbocycles. The molecule has 0 bridgehead atoms. The monoisotopic (exact) mass is 442 g/mol. The van der Waals surface area contributed by atoms with E-state index in [9.17, 15) is 13.2 Å². The molecule has 0 amide bonds. The molecule has 166 valence electrons. The van der Waals surface area contributed by atoms with Gasteiger partial charge in [0, 0.05) is 5.56 Å². The van der Waals surface area contributed by atoms with Crippen LogP contribution in [0.2, 0.25) is 0 Å². The Morgan fingerprint density at radius 1 is 1.06 bits per heavy atom. The van der Waals surface area contributed by atoms with Crippen molar-refractivity contribution in [1.82, 2.24) is 0 Å². The number of methoxy groups -OCH3 is 1. The third kappa shape index (κ3) is 3.95. The standard InChI is InChI=1S/C24H21F3N2O3/c1-14-10-17(6-9-21(14)32-22(26)27)24(13-31-23(28)29-24)16-5-3-4-15(11-16)19-12-18(30-2)7-8-20(19)25/h3-12,22H,13H2,1-2H3,(H2,28,29). The van der Waals surface area contributed by atoms with Crippen molar-refractivity contribution in [3.63, 3.8) is 0 Å². The number of aliphatic imine (C=N–C) groups is 1. The summed E-state index contributed by atoms with van der Waals surface area (Å²) in [6.07, 6.45) is 0. The van der Waals surface area contributed by atoms with Crippen LogP contribution in [0.5, 0.6) is 11.5 Å². The van der Waals surface area contributed by atoms with Crippen LogP contribution in [0.25, 0.3) is 11.1 Å². The molecule has 32 heavy (non-hydrogen) atoms. The molecule has 1 aliphatic heterocycles. The van der Waals surface area contributed by atoms with Crippen LogP contribution >= 0.6 is 0 Å². The van der Waals surface area contributed by atoms with Crippen molar-refractivity contribution in [1.29, 1.82) is 0 Å². The lowest BCUT2D eigenvalue weighted by molar-refractivity contribution is -0.0503. The van der Waals surface area contributed by atoms with Crippen molar-refractivity contribution in [2.24, 2.45) is 10.7 Å². The van der Waals surface area contributed by atoms with Gasteiger partial charge in [-0.2, -0.15) is 8.78 Å². The van der Waals surface area contributed by atoms with E-state index in [2.05, 4.69) is 9.73 Å². The van der Waals surface area contributed by atoms with E-state index in [0.717, 1.165) is 0 Å². The summed E-state index contributed by atoms with van der Waals surface area (Å²) in [5.74, 6) is 0.201. The zero-order valence-corrected chi connectivity index (χ0v) is 17.4. The van der Waals surface area contributed by atoms with Gasteiger partial charge in [0.15, 0.2) is 5.54 Å². The predicted octanol–water partition coefficient (Wildman–Crippen LogP) is 5.00. The zero-order chi connectivity index (χ0) is 22.9. The number of rotatable bonds is 6. The number of benzene rings is 3. The second kappa shape index (κ2) is 8.45. The number of aryl methyl sites for hydroxylation is 1. The Kier molecular flexibility index (Phi) is 5.69. The molecule has 0 fully saturated rings. The molecule has 1 atom stereocenters. The molecule has 2 N–H and O–H groups in total. The zero-order valence-electron chi connectivity index (χ0n) is 17.4. The summed E-state index contributed by atoms with van der Waals surface area (Å²) >= 11 is 0. The fraction of sp³-hybridized carbons (Fsp3) is 0.208. The van der Waals surface area contributed by atoms with Crippen LogP contribution in [-0.2, 0) is 10.3 Å². The first-order valence-corrected chi connectivity index (χ1v) is 9.81. The Bertz CT molecular complexity index is 1180. The van der Waals surface area contributed by atoms with Crippen LogP contribution in [0, 0.1) is 12.7 Å². The van der Waals surface area contributed by atoms with Gasteiger partial charge in [0.25, 0.3) is 6.02 Å². The molecule has 0 spiro atoms. The highest BCUT2D eigenvalue weighted by Crippen LogP contribution is 2.41. The van der Waals surface area contributed by atoms with Gasteiger partial charge in [0.05, 0.1) is 7.11 Å². The van der Waals surface area contributed by atoms with E-state index < -0.39 is 18.0 Å². The van der Waals surface area contributed by atoms with Gasteiger partial charge in [-0.1, -0.05) is 24.3 Å². The molecule has 1 heterocycles. The lowest BCUT2D eigenvalue weighted by Crippen LogP contribution is -2.27. The van der Waals surface area contributed by atoms with Crippen LogP contribution < -0.4 is 15.2 Å². The van der Waals surface area contributed by atoms with E-state index in [1.165, 1.54) is 19.2 Å². The van der Waals surface area contributed by atoms with E-state index in [1.54, 1.807) is 43.3 Å². The Balaban J connectivity index is 1.83. The van der Waals surface area contributed by atoms with Gasteiger partial charge in [-0.15, -0.1) is 0 Å². The van der Waals surface area contributed by atoms with Crippen LogP contribution in [-0.4, -0.2) is 26.3 Å². The summed E-state index contributed by atoms with van der Waals surface area (Å²) in [6, 6.07) is 16.6. The maximum Gasteiger partial charge on any atom is 0.387 e. The summed E-state index contributed by atoms with van der Waals surface area (Å²) in [6.45, 7) is -1.15. The topological polar surface area (TPSA) is 66.1 Å². The lowest BCUT2D eigenvalue weighted by atomic mass is 9.82. The average Bonchev–Trinajstić information content (AvgIpc) is 3.18. The first-order chi connectivity index (χ1) is 15.3. The van der Waals surface area contributed by atoms with Crippen molar-refractivity contribution in [3.8, 4) is 22.6 Å². The van der Waals surface area contributed by atoms with E-state index in [-0.39, 0.29) is 18.4 Å². The summed E-state index contributed by atoms with van der Waals surface area (Å²) in [5, 5.41) is 0. The van der Waals surface area contributed by atoms with Gasteiger partial charge in [0.2, 0.25) is 0 Å². The number of hydrogen-bond donors (Lipinski definition) is 1. The molecule has 3 aromatic rings. The SMILES string of the molecule is COc1ccc(F)c(-c2cccc(C3(c4ccc(OC(F)F)c(C)c4)COC(N)=N3)c2)c1. The van der Waals surface area contributed by atoms with Crippen molar-refractivity contribution in [3.05, 3.63) is 83.2 Å². The van der Waals surface area contributed by atoms with Crippen molar-refractivity contribution in [2.75, 3.05) is 13.7 Å². The normalized spacial score (nSPS) is 17.8. The molecular weight excluding hydrogens is 421 g/mol. The second-order valence-corrected chi connectivity index (χ2v) is 7.38. The Morgan fingerprint density at radius 2 is 1.84 bits per heavy atom. The van der Waals surface area contributed by atoms with Crippen LogP contribution in [0.4, 0.5) is 13.2 Å². The van der Waals surface area contributed by atoms with E-state index in [1.807, 2.05) is 12.1 Å². The minimum Gasteiger partial charge on any atom is -0.497 e. The number of hydrogen-bond acceptors (Lipinski definition) is 5. The lowest BCUT2D eigenvalue weighted by Gasteiger charge is -2.26. The van der Waals surface area contributed by atoms with Crippen LogP contribution in [0.15, 0.2) is 65.7 Å².